The smallest absolute Gasteiger partial charge is 0.152 e. The van der Waals surface area contributed by atoms with Gasteiger partial charge in [0, 0.05) is 5.92 Å². The molecule has 0 aliphatic carbocycles. The van der Waals surface area contributed by atoms with E-state index in [-0.39, 0.29) is 17.6 Å². The van der Waals surface area contributed by atoms with Crippen molar-refractivity contribution in [3.8, 4) is 6.07 Å². The lowest BCUT2D eigenvalue weighted by molar-refractivity contribution is -0.124. The molecule has 0 rings (SSSR count). The van der Waals surface area contributed by atoms with Crippen molar-refractivity contribution in [3.63, 3.8) is 0 Å². The van der Waals surface area contributed by atoms with E-state index < -0.39 is 0 Å². The number of ketones is 1. The molecule has 2 heteroatoms. The van der Waals surface area contributed by atoms with Crippen molar-refractivity contribution in [2.75, 3.05) is 0 Å². The van der Waals surface area contributed by atoms with E-state index >= 15 is 0 Å². The lowest BCUT2D eigenvalue weighted by Gasteiger charge is -2.11. The Bertz CT molecular complexity index is 181. The minimum Gasteiger partial charge on any atom is -0.298 e. The molecule has 0 spiro atoms. The van der Waals surface area contributed by atoms with E-state index in [9.17, 15) is 4.79 Å². The number of nitriles is 1. The van der Waals surface area contributed by atoms with Crippen LogP contribution in [0.15, 0.2) is 0 Å². The monoisotopic (exact) mass is 167 g/mol. The third-order valence-corrected chi connectivity index (χ3v) is 2.17. The summed E-state index contributed by atoms with van der Waals surface area (Å²) in [7, 11) is 0. The van der Waals surface area contributed by atoms with Crippen LogP contribution in [0, 0.1) is 23.2 Å². The topological polar surface area (TPSA) is 40.9 Å². The van der Waals surface area contributed by atoms with Crippen molar-refractivity contribution in [2.24, 2.45) is 11.8 Å². The van der Waals surface area contributed by atoms with Crippen LogP contribution in [0.1, 0.15) is 40.0 Å². The highest BCUT2D eigenvalue weighted by Crippen LogP contribution is 2.14. The van der Waals surface area contributed by atoms with Gasteiger partial charge >= 0.3 is 0 Å². The van der Waals surface area contributed by atoms with Gasteiger partial charge in [0.15, 0.2) is 5.78 Å². The van der Waals surface area contributed by atoms with Gasteiger partial charge in [-0.3, -0.25) is 4.79 Å². The fourth-order valence-corrected chi connectivity index (χ4v) is 1.10. The number of rotatable bonds is 5. The molecule has 0 aromatic heterocycles. The highest BCUT2D eigenvalue weighted by atomic mass is 16.1. The predicted molar refractivity (Wildman–Crippen MR) is 48.5 cm³/mol. The van der Waals surface area contributed by atoms with Crippen LogP contribution in [0.2, 0.25) is 0 Å². The van der Waals surface area contributed by atoms with E-state index in [0.717, 1.165) is 12.8 Å². The fourth-order valence-electron chi connectivity index (χ4n) is 1.10. The fraction of sp³-hybridized carbons (Fsp3) is 0.800. The van der Waals surface area contributed by atoms with Gasteiger partial charge in [-0.25, -0.2) is 0 Å². The summed E-state index contributed by atoms with van der Waals surface area (Å²) >= 11 is 0. The van der Waals surface area contributed by atoms with Crippen molar-refractivity contribution in [2.45, 2.75) is 40.0 Å². The standard InChI is InChI=1S/C10H17NO/c1-4-6-9(7-11)10(12)8(3)5-2/h8-9H,4-6H2,1-3H3. The van der Waals surface area contributed by atoms with Crippen LogP contribution < -0.4 is 0 Å². The molecule has 0 aliphatic rings. The van der Waals surface area contributed by atoms with Crippen LogP contribution in [0.5, 0.6) is 0 Å². The molecule has 12 heavy (non-hydrogen) atoms. The highest BCUT2D eigenvalue weighted by molar-refractivity contribution is 5.85. The lowest BCUT2D eigenvalue weighted by Crippen LogP contribution is -2.19. The van der Waals surface area contributed by atoms with Gasteiger partial charge < -0.3 is 0 Å². The zero-order valence-electron chi connectivity index (χ0n) is 8.13. The zero-order valence-corrected chi connectivity index (χ0v) is 8.13. The number of Topliss-reactive ketones (excluding diaryl/α,β-unsaturated/α-hetero) is 1. The van der Waals surface area contributed by atoms with Crippen LogP contribution in [-0.2, 0) is 4.79 Å². The van der Waals surface area contributed by atoms with Crippen LogP contribution in [0.25, 0.3) is 0 Å². The minimum atomic E-state index is -0.370. The Labute approximate surface area is 74.6 Å². The number of hydrogen-bond donors (Lipinski definition) is 0. The first-order valence-electron chi connectivity index (χ1n) is 4.60. The first-order chi connectivity index (χ1) is 5.67. The third-order valence-electron chi connectivity index (χ3n) is 2.17. The Kier molecular flexibility index (Phi) is 5.36. The van der Waals surface area contributed by atoms with Gasteiger partial charge in [-0.15, -0.1) is 0 Å². The Morgan fingerprint density at radius 3 is 2.42 bits per heavy atom. The number of carbonyl (C=O) groups is 1. The zero-order chi connectivity index (χ0) is 9.56. The summed E-state index contributed by atoms with van der Waals surface area (Å²) in [6, 6.07) is 2.07. The van der Waals surface area contributed by atoms with Crippen LogP contribution >= 0.6 is 0 Å². The van der Waals surface area contributed by atoms with Gasteiger partial charge in [0.1, 0.15) is 5.92 Å². The molecule has 68 valence electrons. The number of hydrogen-bond acceptors (Lipinski definition) is 2. The molecule has 0 saturated carbocycles. The second kappa shape index (κ2) is 5.77. The molecule has 2 unspecified atom stereocenters. The predicted octanol–water partition coefficient (Wildman–Crippen LogP) is 2.54. The molecule has 0 aliphatic heterocycles. The molecule has 2 atom stereocenters. The Hall–Kier alpha value is -0.840. The average Bonchev–Trinajstić information content (AvgIpc) is 2.11. The summed E-state index contributed by atoms with van der Waals surface area (Å²) in [5.74, 6) is -0.215. The second-order valence-electron chi connectivity index (χ2n) is 3.18. The maximum Gasteiger partial charge on any atom is 0.152 e. The maximum atomic E-state index is 11.5. The number of nitrogens with zero attached hydrogens (tertiary/aromatic N) is 1. The van der Waals surface area contributed by atoms with E-state index in [1.807, 2.05) is 20.8 Å². The third kappa shape index (κ3) is 3.04. The normalized spacial score (nSPS) is 14.8. The maximum absolute atomic E-state index is 11.5. The molecule has 2 nitrogen and oxygen atoms in total. The molecule has 0 aromatic rings. The van der Waals surface area contributed by atoms with Gasteiger partial charge in [0.25, 0.3) is 0 Å². The molecular weight excluding hydrogens is 150 g/mol. The van der Waals surface area contributed by atoms with E-state index in [1.165, 1.54) is 0 Å². The molecule has 0 fully saturated rings. The molecule has 0 saturated heterocycles. The van der Waals surface area contributed by atoms with Crippen LogP contribution in [0.3, 0.4) is 0 Å². The van der Waals surface area contributed by atoms with Crippen LogP contribution in [0.4, 0.5) is 0 Å². The first kappa shape index (κ1) is 11.2. The van der Waals surface area contributed by atoms with E-state index in [2.05, 4.69) is 6.07 Å². The molecule has 0 aromatic carbocycles. The van der Waals surface area contributed by atoms with E-state index in [1.54, 1.807) is 0 Å². The van der Waals surface area contributed by atoms with Gasteiger partial charge in [-0.1, -0.05) is 27.2 Å². The summed E-state index contributed by atoms with van der Waals surface area (Å²) in [4.78, 5) is 11.5. The largest absolute Gasteiger partial charge is 0.298 e. The van der Waals surface area contributed by atoms with Crippen molar-refractivity contribution < 1.29 is 4.79 Å². The summed E-state index contributed by atoms with van der Waals surface area (Å²) in [6.07, 6.45) is 2.45. The van der Waals surface area contributed by atoms with Gasteiger partial charge in [-0.2, -0.15) is 5.26 Å². The van der Waals surface area contributed by atoms with E-state index in [4.69, 9.17) is 5.26 Å². The molecule has 0 radical (unpaired) electrons. The Balaban J connectivity index is 4.14. The number of carbonyl (C=O) groups excluding carboxylic acids is 1. The highest BCUT2D eigenvalue weighted by Gasteiger charge is 2.21. The van der Waals surface area contributed by atoms with Crippen LogP contribution in [-0.4, -0.2) is 5.78 Å². The summed E-state index contributed by atoms with van der Waals surface area (Å²) in [5.41, 5.74) is 0. The molecule has 0 heterocycles. The summed E-state index contributed by atoms with van der Waals surface area (Å²) < 4.78 is 0. The van der Waals surface area contributed by atoms with Gasteiger partial charge in [-0.05, 0) is 12.8 Å². The average molecular weight is 167 g/mol. The SMILES string of the molecule is CCCC(C#N)C(=O)C(C)CC. The Morgan fingerprint density at radius 2 is 2.08 bits per heavy atom. The van der Waals surface area contributed by atoms with E-state index in [0.29, 0.717) is 6.42 Å². The first-order valence-corrected chi connectivity index (χ1v) is 4.60. The van der Waals surface area contributed by atoms with Crippen molar-refractivity contribution >= 4 is 5.78 Å². The molecule has 0 N–H and O–H groups in total. The second-order valence-corrected chi connectivity index (χ2v) is 3.18. The Morgan fingerprint density at radius 1 is 1.50 bits per heavy atom. The summed E-state index contributed by atoms with van der Waals surface area (Å²) in [6.45, 7) is 5.86. The molecule has 0 amide bonds. The quantitative estimate of drug-likeness (QED) is 0.631. The lowest BCUT2D eigenvalue weighted by atomic mass is 9.90. The minimum absolute atomic E-state index is 0.0428. The van der Waals surface area contributed by atoms with Gasteiger partial charge in [0.05, 0.1) is 6.07 Å². The van der Waals surface area contributed by atoms with Crippen molar-refractivity contribution in [1.82, 2.24) is 0 Å². The van der Waals surface area contributed by atoms with Crippen molar-refractivity contribution in [1.29, 1.82) is 5.26 Å². The molecular formula is C10H17NO. The van der Waals surface area contributed by atoms with Gasteiger partial charge in [0.2, 0.25) is 0 Å². The van der Waals surface area contributed by atoms with Crippen molar-refractivity contribution in [3.05, 3.63) is 0 Å². The summed E-state index contributed by atoms with van der Waals surface area (Å²) in [5, 5.41) is 8.70. The molecule has 0 bridgehead atoms.